The number of aromatic nitrogens is 2. The highest BCUT2D eigenvalue weighted by Gasteiger charge is 2.32. The molecule has 0 atom stereocenters. The van der Waals surface area contributed by atoms with Crippen molar-refractivity contribution in [2.24, 2.45) is 0 Å². The number of nitrogens with zero attached hydrogens (tertiary/aromatic N) is 4. The Kier molecular flexibility index (Phi) is 7.63. The zero-order valence-corrected chi connectivity index (χ0v) is 20.2. The lowest BCUT2D eigenvalue weighted by molar-refractivity contribution is -0.122. The quantitative estimate of drug-likeness (QED) is 0.296. The number of thiocarbonyl (C=S) groups is 1. The molecule has 0 N–H and O–H groups in total. The summed E-state index contributed by atoms with van der Waals surface area (Å²) in [6.45, 7) is 4.59. The minimum Gasteiger partial charge on any atom is -0.356 e. The summed E-state index contributed by atoms with van der Waals surface area (Å²) >= 11 is 6.79. The second-order valence-electron chi connectivity index (χ2n) is 8.38. The first kappa shape index (κ1) is 23.0. The predicted molar refractivity (Wildman–Crippen MR) is 136 cm³/mol. The van der Waals surface area contributed by atoms with Gasteiger partial charge in [-0.2, -0.15) is 0 Å². The van der Waals surface area contributed by atoms with Crippen LogP contribution >= 0.6 is 24.0 Å². The molecule has 0 radical (unpaired) electrons. The first-order valence-corrected chi connectivity index (χ1v) is 12.8. The van der Waals surface area contributed by atoms with Gasteiger partial charge in [0.15, 0.2) is 0 Å². The van der Waals surface area contributed by atoms with Gasteiger partial charge < -0.3 is 4.90 Å². The van der Waals surface area contributed by atoms with Crippen molar-refractivity contribution < 1.29 is 4.79 Å². The molecule has 32 heavy (non-hydrogen) atoms. The van der Waals surface area contributed by atoms with E-state index in [1.807, 2.05) is 18.2 Å². The average molecular weight is 471 g/mol. The maximum absolute atomic E-state index is 13.3. The third kappa shape index (κ3) is 4.91. The molecule has 170 valence electrons. The van der Waals surface area contributed by atoms with E-state index in [0.717, 1.165) is 38.8 Å². The lowest BCUT2D eigenvalue weighted by atomic mass is 10.1. The van der Waals surface area contributed by atoms with Gasteiger partial charge in [-0.25, -0.2) is 4.98 Å². The van der Waals surface area contributed by atoms with Crippen LogP contribution in [0.15, 0.2) is 34.1 Å². The van der Waals surface area contributed by atoms with E-state index in [-0.39, 0.29) is 11.5 Å². The number of hydrogen-bond acceptors (Lipinski definition) is 6. The average Bonchev–Trinajstić information content (AvgIpc) is 3.42. The number of carbonyl (C=O) groups is 1. The molecule has 8 heteroatoms. The van der Waals surface area contributed by atoms with E-state index in [1.54, 1.807) is 21.6 Å². The van der Waals surface area contributed by atoms with Gasteiger partial charge in [-0.05, 0) is 37.5 Å². The summed E-state index contributed by atoms with van der Waals surface area (Å²) in [6, 6.07) is 5.53. The molecule has 4 rings (SSSR count). The highest BCUT2D eigenvalue weighted by molar-refractivity contribution is 8.26. The molecule has 2 aromatic rings. The fourth-order valence-corrected chi connectivity index (χ4v) is 5.55. The highest BCUT2D eigenvalue weighted by Crippen LogP contribution is 2.34. The third-order valence-corrected chi connectivity index (χ3v) is 7.42. The van der Waals surface area contributed by atoms with Crippen molar-refractivity contribution in [3.63, 3.8) is 0 Å². The number of amides is 1. The molecule has 0 unspecified atom stereocenters. The van der Waals surface area contributed by atoms with Crippen molar-refractivity contribution in [3.8, 4) is 0 Å². The van der Waals surface area contributed by atoms with E-state index in [1.165, 1.54) is 37.4 Å². The van der Waals surface area contributed by atoms with Crippen LogP contribution in [0.1, 0.15) is 63.9 Å². The van der Waals surface area contributed by atoms with Crippen molar-refractivity contribution in [2.75, 3.05) is 24.5 Å². The Labute approximate surface area is 198 Å². The summed E-state index contributed by atoms with van der Waals surface area (Å²) in [4.78, 5) is 35.6. The first-order valence-electron chi connectivity index (χ1n) is 11.6. The normalized spacial score (nSPS) is 18.0. The summed E-state index contributed by atoms with van der Waals surface area (Å²) in [5.41, 5.74) is 0.932. The number of anilines is 1. The van der Waals surface area contributed by atoms with Gasteiger partial charge in [0.1, 0.15) is 15.8 Å². The number of fused-ring (bicyclic) bond motifs is 1. The number of thioether (sulfide) groups is 1. The van der Waals surface area contributed by atoms with Crippen molar-refractivity contribution in [1.29, 1.82) is 0 Å². The van der Waals surface area contributed by atoms with Gasteiger partial charge in [0.2, 0.25) is 0 Å². The van der Waals surface area contributed by atoms with Crippen LogP contribution in [0.5, 0.6) is 0 Å². The fraction of sp³-hybridized carbons (Fsp3) is 0.500. The van der Waals surface area contributed by atoms with Crippen LogP contribution in [-0.2, 0) is 4.79 Å². The Hall–Kier alpha value is -2.19. The summed E-state index contributed by atoms with van der Waals surface area (Å²) in [5, 5.41) is 0. The molecule has 2 fully saturated rings. The van der Waals surface area contributed by atoms with Crippen LogP contribution in [-0.4, -0.2) is 44.1 Å². The Morgan fingerprint density at radius 2 is 1.84 bits per heavy atom. The molecule has 2 aliphatic heterocycles. The second kappa shape index (κ2) is 10.6. The van der Waals surface area contributed by atoms with Gasteiger partial charge >= 0.3 is 0 Å². The van der Waals surface area contributed by atoms with E-state index in [0.29, 0.717) is 32.8 Å². The van der Waals surface area contributed by atoms with Crippen molar-refractivity contribution >= 4 is 51.7 Å². The minimum atomic E-state index is -0.154. The van der Waals surface area contributed by atoms with E-state index in [4.69, 9.17) is 17.2 Å². The molecule has 6 nitrogen and oxygen atoms in total. The van der Waals surface area contributed by atoms with Crippen molar-refractivity contribution in [2.45, 2.75) is 58.3 Å². The van der Waals surface area contributed by atoms with Crippen molar-refractivity contribution in [3.05, 3.63) is 45.2 Å². The maximum atomic E-state index is 13.3. The number of pyridine rings is 1. The summed E-state index contributed by atoms with van der Waals surface area (Å²) in [5.74, 6) is 0.568. The van der Waals surface area contributed by atoms with Gasteiger partial charge in [-0.15, -0.1) is 0 Å². The number of rotatable bonds is 9. The standard InChI is InChI=1S/C24H30N4O2S2/c1-2-3-4-5-6-8-16-28-23(30)19(32-24(28)31)17-18-21(26-13-10-11-14-26)25-20-12-7-9-15-27(20)22(18)29/h7,9,12,15,17H,2-6,8,10-11,13-14,16H2,1H3. The SMILES string of the molecule is CCCCCCCCN1C(=O)C(=Cc2c(N3CCCC3)nc3ccccn3c2=O)SC1=S. The summed E-state index contributed by atoms with van der Waals surface area (Å²) < 4.78 is 2.12. The first-order chi connectivity index (χ1) is 15.6. The Morgan fingerprint density at radius 3 is 2.62 bits per heavy atom. The molecule has 2 saturated heterocycles. The van der Waals surface area contributed by atoms with Crippen molar-refractivity contribution in [1.82, 2.24) is 14.3 Å². The van der Waals surface area contributed by atoms with Crippen LogP contribution in [0.3, 0.4) is 0 Å². The molecule has 0 saturated carbocycles. The van der Waals surface area contributed by atoms with Crippen LogP contribution in [0.2, 0.25) is 0 Å². The molecule has 0 aromatic carbocycles. The van der Waals surface area contributed by atoms with E-state index in [9.17, 15) is 9.59 Å². The lowest BCUT2D eigenvalue weighted by Gasteiger charge is -2.19. The molecule has 2 aromatic heterocycles. The Morgan fingerprint density at radius 1 is 1.09 bits per heavy atom. The second-order valence-corrected chi connectivity index (χ2v) is 10.1. The van der Waals surface area contributed by atoms with Gasteiger partial charge in [-0.1, -0.05) is 69.1 Å². The number of carbonyl (C=O) groups excluding carboxylic acids is 1. The Balaban J connectivity index is 1.59. The van der Waals surface area contributed by atoms with Crippen LogP contribution in [0, 0.1) is 0 Å². The largest absolute Gasteiger partial charge is 0.356 e. The smallest absolute Gasteiger partial charge is 0.267 e. The zero-order chi connectivity index (χ0) is 22.5. The summed E-state index contributed by atoms with van der Waals surface area (Å²) in [6.07, 6.45) is 12.6. The number of unbranched alkanes of at least 4 members (excludes halogenated alkanes) is 5. The maximum Gasteiger partial charge on any atom is 0.267 e. The van der Waals surface area contributed by atoms with Gasteiger partial charge in [-0.3, -0.25) is 18.9 Å². The fourth-order valence-electron chi connectivity index (χ4n) is 4.26. The van der Waals surface area contributed by atoms with Gasteiger partial charge in [0.05, 0.1) is 10.5 Å². The monoisotopic (exact) mass is 470 g/mol. The predicted octanol–water partition coefficient (Wildman–Crippen LogP) is 4.86. The third-order valence-electron chi connectivity index (χ3n) is 6.04. The lowest BCUT2D eigenvalue weighted by Crippen LogP contribution is -2.29. The zero-order valence-electron chi connectivity index (χ0n) is 18.6. The molecular formula is C24H30N4O2S2. The molecule has 0 spiro atoms. The molecule has 2 aliphatic rings. The molecule has 0 bridgehead atoms. The molecule has 4 heterocycles. The van der Waals surface area contributed by atoms with Crippen LogP contribution in [0.4, 0.5) is 5.82 Å². The van der Waals surface area contributed by atoms with Crippen LogP contribution < -0.4 is 10.5 Å². The highest BCUT2D eigenvalue weighted by atomic mass is 32.2. The van der Waals surface area contributed by atoms with E-state index < -0.39 is 0 Å². The van der Waals surface area contributed by atoms with Gasteiger partial charge in [0.25, 0.3) is 11.5 Å². The molecule has 1 amide bonds. The topological polar surface area (TPSA) is 57.9 Å². The molecule has 0 aliphatic carbocycles. The minimum absolute atomic E-state index is 0.0986. The number of hydrogen-bond donors (Lipinski definition) is 0. The molecular weight excluding hydrogens is 440 g/mol. The van der Waals surface area contributed by atoms with Crippen LogP contribution in [0.25, 0.3) is 11.7 Å². The summed E-state index contributed by atoms with van der Waals surface area (Å²) in [7, 11) is 0. The van der Waals surface area contributed by atoms with E-state index >= 15 is 0 Å². The Bertz CT molecular complexity index is 1090. The van der Waals surface area contributed by atoms with E-state index in [2.05, 4.69) is 11.8 Å². The van der Waals surface area contributed by atoms with Gasteiger partial charge in [0, 0.05) is 25.8 Å².